The van der Waals surface area contributed by atoms with E-state index in [1.165, 1.54) is 10.4 Å². The minimum atomic E-state index is 0.0230. The van der Waals surface area contributed by atoms with Crippen LogP contribution in [0.4, 0.5) is 0 Å². The van der Waals surface area contributed by atoms with Gasteiger partial charge in [-0.2, -0.15) is 0 Å². The maximum absolute atomic E-state index is 12.4. The van der Waals surface area contributed by atoms with E-state index in [4.69, 9.17) is 0 Å². The Morgan fingerprint density at radius 2 is 1.89 bits per heavy atom. The molecule has 0 fully saturated rings. The lowest BCUT2D eigenvalue weighted by atomic mass is 10.2. The van der Waals surface area contributed by atoms with Crippen molar-refractivity contribution in [2.75, 3.05) is 7.05 Å². The Morgan fingerprint density at radius 3 is 2.42 bits per heavy atom. The van der Waals surface area contributed by atoms with Crippen molar-refractivity contribution in [3.8, 4) is 0 Å². The van der Waals surface area contributed by atoms with Gasteiger partial charge < -0.3 is 4.90 Å². The zero-order valence-electron chi connectivity index (χ0n) is 10.6. The quantitative estimate of drug-likeness (QED) is 0.718. The van der Waals surface area contributed by atoms with Crippen molar-refractivity contribution in [3.63, 3.8) is 0 Å². The second-order valence-electron chi connectivity index (χ2n) is 4.35. The lowest BCUT2D eigenvalue weighted by molar-refractivity contribution is 0.0786. The van der Waals surface area contributed by atoms with Crippen LogP contribution in [0.25, 0.3) is 0 Å². The summed E-state index contributed by atoms with van der Waals surface area (Å²) < 4.78 is 1.79. The number of amides is 1. The molecule has 1 amide bonds. The maximum Gasteiger partial charge on any atom is 0.254 e. The van der Waals surface area contributed by atoms with Crippen molar-refractivity contribution in [1.29, 1.82) is 0 Å². The summed E-state index contributed by atoms with van der Waals surface area (Å²) in [6.07, 6.45) is 0. The van der Waals surface area contributed by atoms with Crippen LogP contribution >= 0.6 is 43.2 Å². The molecule has 0 N–H and O–H groups in total. The van der Waals surface area contributed by atoms with E-state index >= 15 is 0 Å². The van der Waals surface area contributed by atoms with Crippen LogP contribution in [-0.4, -0.2) is 17.9 Å². The fourth-order valence-corrected chi connectivity index (χ4v) is 4.00. The van der Waals surface area contributed by atoms with Crippen molar-refractivity contribution in [2.45, 2.75) is 13.5 Å². The van der Waals surface area contributed by atoms with Gasteiger partial charge in [0, 0.05) is 26.4 Å². The molecule has 0 aliphatic carbocycles. The molecule has 0 bridgehead atoms. The van der Waals surface area contributed by atoms with E-state index in [2.05, 4.69) is 50.2 Å². The molecule has 1 heterocycles. The normalized spacial score (nSPS) is 10.5. The predicted molar refractivity (Wildman–Crippen MR) is 86.7 cm³/mol. The zero-order valence-corrected chi connectivity index (χ0v) is 14.6. The molecule has 1 aromatic heterocycles. The van der Waals surface area contributed by atoms with Crippen molar-refractivity contribution in [3.05, 3.63) is 54.6 Å². The third-order valence-electron chi connectivity index (χ3n) is 2.81. The highest BCUT2D eigenvalue weighted by Gasteiger charge is 2.14. The predicted octanol–water partition coefficient (Wildman–Crippen LogP) is 4.85. The van der Waals surface area contributed by atoms with Crippen molar-refractivity contribution >= 4 is 49.1 Å². The van der Waals surface area contributed by atoms with E-state index in [1.54, 1.807) is 16.2 Å². The van der Waals surface area contributed by atoms with E-state index in [-0.39, 0.29) is 5.91 Å². The Kier molecular flexibility index (Phi) is 4.81. The number of hydrogen-bond acceptors (Lipinski definition) is 2. The Labute approximate surface area is 133 Å². The molecule has 0 radical (unpaired) electrons. The highest BCUT2D eigenvalue weighted by atomic mass is 79.9. The average molecular weight is 403 g/mol. The molecular formula is C14H13Br2NOS. The van der Waals surface area contributed by atoms with Crippen molar-refractivity contribution in [1.82, 2.24) is 4.90 Å². The molecular weight excluding hydrogens is 390 g/mol. The van der Waals surface area contributed by atoms with Gasteiger partial charge in [-0.1, -0.05) is 31.9 Å². The van der Waals surface area contributed by atoms with Gasteiger partial charge in [-0.3, -0.25) is 4.79 Å². The summed E-state index contributed by atoms with van der Waals surface area (Å²) in [6.45, 7) is 2.71. The molecule has 2 aromatic rings. The molecule has 1 aromatic carbocycles. The van der Waals surface area contributed by atoms with Crippen LogP contribution < -0.4 is 0 Å². The number of carbonyl (C=O) groups is 1. The van der Waals surface area contributed by atoms with Gasteiger partial charge in [0.1, 0.15) is 0 Å². The van der Waals surface area contributed by atoms with E-state index in [1.807, 2.05) is 25.2 Å². The van der Waals surface area contributed by atoms with Crippen molar-refractivity contribution < 1.29 is 4.79 Å². The lowest BCUT2D eigenvalue weighted by Gasteiger charge is -2.17. The van der Waals surface area contributed by atoms with E-state index in [0.29, 0.717) is 12.1 Å². The highest BCUT2D eigenvalue weighted by Crippen LogP contribution is 2.22. The zero-order chi connectivity index (χ0) is 14.0. The Bertz CT molecular complexity index is 589. The van der Waals surface area contributed by atoms with Crippen LogP contribution in [0.3, 0.4) is 0 Å². The Hall–Kier alpha value is -0.650. The molecule has 19 heavy (non-hydrogen) atoms. The van der Waals surface area contributed by atoms with Crippen LogP contribution in [0, 0.1) is 6.92 Å². The monoisotopic (exact) mass is 401 g/mol. The molecule has 0 aliphatic heterocycles. The Balaban J connectivity index is 2.17. The standard InChI is InChI=1S/C14H13Br2NOS/c1-9-3-4-19-13(9)8-17(2)14(18)10-5-11(15)7-12(16)6-10/h3-7H,8H2,1-2H3. The lowest BCUT2D eigenvalue weighted by Crippen LogP contribution is -2.26. The molecule has 5 heteroatoms. The number of thiophene rings is 1. The van der Waals surface area contributed by atoms with Crippen molar-refractivity contribution in [2.24, 2.45) is 0 Å². The van der Waals surface area contributed by atoms with Gasteiger partial charge in [0.2, 0.25) is 0 Å². The number of hydrogen-bond donors (Lipinski definition) is 0. The van der Waals surface area contributed by atoms with Gasteiger partial charge in [0.15, 0.2) is 0 Å². The van der Waals surface area contributed by atoms with Crippen LogP contribution in [0.5, 0.6) is 0 Å². The number of benzene rings is 1. The molecule has 100 valence electrons. The number of halogens is 2. The van der Waals surface area contributed by atoms with E-state index < -0.39 is 0 Å². The third-order valence-corrected chi connectivity index (χ3v) is 4.73. The summed E-state index contributed by atoms with van der Waals surface area (Å²) in [5.41, 5.74) is 1.91. The minimum absolute atomic E-state index is 0.0230. The largest absolute Gasteiger partial charge is 0.337 e. The molecule has 0 spiro atoms. The Morgan fingerprint density at radius 1 is 1.26 bits per heavy atom. The van der Waals surface area contributed by atoms with E-state index in [9.17, 15) is 4.79 Å². The fraction of sp³-hybridized carbons (Fsp3) is 0.214. The second-order valence-corrected chi connectivity index (χ2v) is 7.18. The molecule has 0 saturated carbocycles. The summed E-state index contributed by atoms with van der Waals surface area (Å²) in [7, 11) is 1.83. The summed E-state index contributed by atoms with van der Waals surface area (Å²) >= 11 is 8.49. The molecule has 2 nitrogen and oxygen atoms in total. The molecule has 2 rings (SSSR count). The number of aryl methyl sites for hydroxylation is 1. The average Bonchev–Trinajstić information content (AvgIpc) is 2.72. The number of nitrogens with zero attached hydrogens (tertiary/aromatic N) is 1. The van der Waals surface area contributed by atoms with Gasteiger partial charge in [-0.25, -0.2) is 0 Å². The van der Waals surface area contributed by atoms with Crippen LogP contribution in [0.15, 0.2) is 38.6 Å². The topological polar surface area (TPSA) is 20.3 Å². The van der Waals surface area contributed by atoms with Gasteiger partial charge in [0.05, 0.1) is 6.54 Å². The van der Waals surface area contributed by atoms with Gasteiger partial charge in [0.25, 0.3) is 5.91 Å². The van der Waals surface area contributed by atoms with Crippen LogP contribution in [0.1, 0.15) is 20.8 Å². The molecule has 0 atom stereocenters. The minimum Gasteiger partial charge on any atom is -0.337 e. The van der Waals surface area contributed by atoms with Crippen LogP contribution in [-0.2, 0) is 6.54 Å². The number of carbonyl (C=O) groups excluding carboxylic acids is 1. The van der Waals surface area contributed by atoms with E-state index in [0.717, 1.165) is 8.95 Å². The number of rotatable bonds is 3. The van der Waals surface area contributed by atoms with Gasteiger partial charge >= 0.3 is 0 Å². The van der Waals surface area contributed by atoms with Gasteiger partial charge in [-0.15, -0.1) is 11.3 Å². The highest BCUT2D eigenvalue weighted by molar-refractivity contribution is 9.11. The summed E-state index contributed by atoms with van der Waals surface area (Å²) in [5, 5.41) is 2.05. The first-order chi connectivity index (χ1) is 8.97. The first kappa shape index (κ1) is 14.8. The van der Waals surface area contributed by atoms with Crippen LogP contribution in [0.2, 0.25) is 0 Å². The maximum atomic E-state index is 12.4. The third kappa shape index (κ3) is 3.68. The first-order valence-corrected chi connectivity index (χ1v) is 8.18. The molecule has 0 aliphatic rings. The smallest absolute Gasteiger partial charge is 0.254 e. The first-order valence-electron chi connectivity index (χ1n) is 5.72. The summed E-state index contributed by atoms with van der Waals surface area (Å²) in [4.78, 5) is 15.3. The fourth-order valence-electron chi connectivity index (χ4n) is 1.75. The van der Waals surface area contributed by atoms with Gasteiger partial charge in [-0.05, 0) is 42.1 Å². The SMILES string of the molecule is Cc1ccsc1CN(C)C(=O)c1cc(Br)cc(Br)c1. The molecule has 0 unspecified atom stereocenters. The molecule has 0 saturated heterocycles. The second kappa shape index (κ2) is 6.20. The summed E-state index contributed by atoms with van der Waals surface area (Å²) in [5.74, 6) is 0.0230. The summed E-state index contributed by atoms with van der Waals surface area (Å²) in [6, 6.07) is 7.67.